The first-order chi connectivity index (χ1) is 12.5. The van der Waals surface area contributed by atoms with E-state index in [-0.39, 0.29) is 22.1 Å². The van der Waals surface area contributed by atoms with Crippen molar-refractivity contribution in [1.82, 2.24) is 15.7 Å². The number of carboxylic acids is 1. The molecule has 132 valence electrons. The molecule has 0 aliphatic rings. The van der Waals surface area contributed by atoms with Crippen LogP contribution >= 0.6 is 11.6 Å². The lowest BCUT2D eigenvalue weighted by Crippen LogP contribution is -2.22. The molecular formula is C15H9ClN5O5-. The van der Waals surface area contributed by atoms with Gasteiger partial charge in [-0.2, -0.15) is 5.10 Å². The number of halogens is 1. The Kier molecular flexibility index (Phi) is 4.67. The zero-order valence-electron chi connectivity index (χ0n) is 12.8. The fourth-order valence-electron chi connectivity index (χ4n) is 1.97. The molecule has 0 bridgehead atoms. The first-order valence-corrected chi connectivity index (χ1v) is 7.36. The van der Waals surface area contributed by atoms with Gasteiger partial charge in [0.15, 0.2) is 0 Å². The monoisotopic (exact) mass is 374 g/mol. The molecule has 1 amide bonds. The molecule has 0 spiro atoms. The topological polar surface area (TPSA) is 160 Å². The molecule has 3 rings (SSSR count). The molecule has 2 aromatic heterocycles. The maximum absolute atomic E-state index is 11.7. The van der Waals surface area contributed by atoms with Crippen LogP contribution in [-0.2, 0) is 0 Å². The van der Waals surface area contributed by atoms with Crippen molar-refractivity contribution in [2.24, 2.45) is 5.10 Å². The van der Waals surface area contributed by atoms with E-state index in [4.69, 9.17) is 21.8 Å². The van der Waals surface area contributed by atoms with Gasteiger partial charge in [0.05, 0.1) is 12.2 Å². The maximum Gasteiger partial charge on any atom is 0.297 e. The summed E-state index contributed by atoms with van der Waals surface area (Å²) in [6.45, 7) is 0. The molecule has 0 aliphatic heterocycles. The van der Waals surface area contributed by atoms with E-state index in [2.05, 4.69) is 25.5 Å². The molecule has 0 saturated carbocycles. The number of carbonyl (C=O) groups is 2. The van der Waals surface area contributed by atoms with Gasteiger partial charge in [0.1, 0.15) is 11.5 Å². The van der Waals surface area contributed by atoms with Crippen molar-refractivity contribution in [1.29, 1.82) is 0 Å². The Morgan fingerprint density at radius 3 is 2.77 bits per heavy atom. The molecule has 0 radical (unpaired) electrons. The zero-order chi connectivity index (χ0) is 18.7. The maximum atomic E-state index is 11.7. The number of benzene rings is 1. The zero-order valence-corrected chi connectivity index (χ0v) is 13.6. The van der Waals surface area contributed by atoms with Gasteiger partial charge in [-0.1, -0.05) is 11.6 Å². The van der Waals surface area contributed by atoms with E-state index >= 15 is 0 Å². The van der Waals surface area contributed by atoms with Gasteiger partial charge in [-0.15, -0.1) is 0 Å². The van der Waals surface area contributed by atoms with Gasteiger partial charge in [-0.3, -0.25) is 4.79 Å². The van der Waals surface area contributed by atoms with Crippen molar-refractivity contribution >= 4 is 35.5 Å². The third kappa shape index (κ3) is 3.54. The summed E-state index contributed by atoms with van der Waals surface area (Å²) in [5.41, 5.74) is 7.70. The molecule has 11 heteroatoms. The number of nitrogens with one attached hydrogen (secondary N) is 1. The van der Waals surface area contributed by atoms with Crippen LogP contribution in [0.2, 0.25) is 5.02 Å². The van der Waals surface area contributed by atoms with Crippen molar-refractivity contribution < 1.29 is 23.7 Å². The Bertz CT molecular complexity index is 1010. The van der Waals surface area contributed by atoms with Gasteiger partial charge in [0.25, 0.3) is 5.91 Å². The van der Waals surface area contributed by atoms with Crippen LogP contribution < -0.4 is 16.3 Å². The van der Waals surface area contributed by atoms with E-state index in [1.165, 1.54) is 18.3 Å². The fourth-order valence-corrected chi connectivity index (χ4v) is 2.17. The summed E-state index contributed by atoms with van der Waals surface area (Å²) in [7, 11) is 0. The summed E-state index contributed by atoms with van der Waals surface area (Å²) >= 11 is 5.80. The number of furan rings is 1. The van der Waals surface area contributed by atoms with Crippen molar-refractivity contribution in [3.63, 3.8) is 0 Å². The average Bonchev–Trinajstić information content (AvgIpc) is 3.24. The van der Waals surface area contributed by atoms with Crippen LogP contribution in [0, 0.1) is 0 Å². The van der Waals surface area contributed by atoms with E-state index < -0.39 is 11.9 Å². The number of carbonyl (C=O) groups excluding carboxylic acids is 2. The summed E-state index contributed by atoms with van der Waals surface area (Å²) in [4.78, 5) is 22.7. The summed E-state index contributed by atoms with van der Waals surface area (Å²) in [5, 5.41) is 21.4. The molecule has 0 aliphatic carbocycles. The number of aromatic carboxylic acids is 1. The fraction of sp³-hybridized carbons (Fsp3) is 0. The number of hydrogen-bond donors (Lipinski definition) is 2. The summed E-state index contributed by atoms with van der Waals surface area (Å²) in [6.07, 6.45) is 1.24. The Balaban J connectivity index is 1.72. The standard InChI is InChI=1S/C15H10ClN5O5/c16-10-3-1-7(5-9(10)15(23)24)11-4-2-8(25-11)6-18-19-14(22)12-13(17)21-26-20-12/h1-6H,(H2,17,21)(H,19,22)(H,23,24)/p-1/b18-6-. The second-order valence-corrected chi connectivity index (χ2v) is 5.29. The SMILES string of the molecule is Nc1nonc1C(=O)N/N=C\c1ccc(-c2ccc(Cl)c(C(=O)[O-])c2)o1. The van der Waals surface area contributed by atoms with Gasteiger partial charge in [0, 0.05) is 16.1 Å². The Morgan fingerprint density at radius 2 is 2.08 bits per heavy atom. The molecule has 3 N–H and O–H groups in total. The first-order valence-electron chi connectivity index (χ1n) is 6.98. The second kappa shape index (κ2) is 7.07. The average molecular weight is 375 g/mol. The van der Waals surface area contributed by atoms with Crippen molar-refractivity contribution in [2.75, 3.05) is 5.73 Å². The first kappa shape index (κ1) is 17.2. The number of aromatic nitrogens is 2. The largest absolute Gasteiger partial charge is 0.545 e. The van der Waals surface area contributed by atoms with E-state index in [0.717, 1.165) is 0 Å². The molecule has 0 unspecified atom stereocenters. The molecule has 3 aromatic rings. The highest BCUT2D eigenvalue weighted by molar-refractivity contribution is 6.33. The predicted molar refractivity (Wildman–Crippen MR) is 87.3 cm³/mol. The minimum Gasteiger partial charge on any atom is -0.545 e. The molecule has 26 heavy (non-hydrogen) atoms. The summed E-state index contributed by atoms with van der Waals surface area (Å²) < 4.78 is 9.82. The summed E-state index contributed by atoms with van der Waals surface area (Å²) in [6, 6.07) is 7.53. The Hall–Kier alpha value is -3.66. The van der Waals surface area contributed by atoms with Gasteiger partial charge in [-0.05, 0) is 40.6 Å². The third-order valence-corrected chi connectivity index (χ3v) is 3.51. The number of nitrogens with zero attached hydrogens (tertiary/aromatic N) is 3. The minimum atomic E-state index is -1.39. The molecular weight excluding hydrogens is 366 g/mol. The molecule has 1 aromatic carbocycles. The van der Waals surface area contributed by atoms with Crippen LogP contribution in [0.3, 0.4) is 0 Å². The highest BCUT2D eigenvalue weighted by atomic mass is 35.5. The summed E-state index contributed by atoms with van der Waals surface area (Å²) in [5.74, 6) is -1.58. The minimum absolute atomic E-state index is 0.0615. The van der Waals surface area contributed by atoms with Gasteiger partial charge < -0.3 is 20.1 Å². The Morgan fingerprint density at radius 1 is 1.27 bits per heavy atom. The lowest BCUT2D eigenvalue weighted by molar-refractivity contribution is -0.255. The van der Waals surface area contributed by atoms with Crippen LogP contribution in [0.4, 0.5) is 5.82 Å². The van der Waals surface area contributed by atoms with Crippen LogP contribution in [0.25, 0.3) is 11.3 Å². The van der Waals surface area contributed by atoms with Gasteiger partial charge in [-0.25, -0.2) is 10.1 Å². The number of nitrogen functional groups attached to an aromatic ring is 1. The number of hydrogen-bond acceptors (Lipinski definition) is 9. The smallest absolute Gasteiger partial charge is 0.297 e. The lowest BCUT2D eigenvalue weighted by atomic mass is 10.1. The quantitative estimate of drug-likeness (QED) is 0.487. The number of carboxylic acid groups (broad SMARTS) is 1. The van der Waals surface area contributed by atoms with Crippen molar-refractivity contribution in [3.8, 4) is 11.3 Å². The number of amides is 1. The normalized spacial score (nSPS) is 11.0. The molecule has 2 heterocycles. The lowest BCUT2D eigenvalue weighted by Gasteiger charge is -2.06. The van der Waals surface area contributed by atoms with E-state index in [0.29, 0.717) is 17.1 Å². The molecule has 10 nitrogen and oxygen atoms in total. The third-order valence-electron chi connectivity index (χ3n) is 3.18. The number of nitrogens with two attached hydrogens (primary N) is 1. The molecule has 0 fully saturated rings. The number of rotatable bonds is 5. The number of anilines is 1. The predicted octanol–water partition coefficient (Wildman–Crippen LogP) is 0.693. The number of hydrazone groups is 1. The molecule has 0 saturated heterocycles. The van der Waals surface area contributed by atoms with Gasteiger partial charge >= 0.3 is 0 Å². The van der Waals surface area contributed by atoms with Crippen LogP contribution in [0.1, 0.15) is 26.6 Å². The van der Waals surface area contributed by atoms with Crippen LogP contribution in [0.15, 0.2) is 44.5 Å². The van der Waals surface area contributed by atoms with Crippen molar-refractivity contribution in [2.45, 2.75) is 0 Å². The van der Waals surface area contributed by atoms with Crippen molar-refractivity contribution in [3.05, 3.63) is 52.4 Å². The molecule has 0 atom stereocenters. The highest BCUT2D eigenvalue weighted by Gasteiger charge is 2.15. The highest BCUT2D eigenvalue weighted by Crippen LogP contribution is 2.26. The van der Waals surface area contributed by atoms with E-state index in [1.54, 1.807) is 18.2 Å². The van der Waals surface area contributed by atoms with Gasteiger partial charge in [0.2, 0.25) is 11.5 Å². The van der Waals surface area contributed by atoms with E-state index in [9.17, 15) is 14.7 Å². The van der Waals surface area contributed by atoms with Crippen LogP contribution in [0.5, 0.6) is 0 Å². The second-order valence-electron chi connectivity index (χ2n) is 4.88. The van der Waals surface area contributed by atoms with E-state index in [1.807, 2.05) is 0 Å². The van der Waals surface area contributed by atoms with Crippen LogP contribution in [-0.4, -0.2) is 28.4 Å². The Labute approximate surface area is 150 Å².